The number of carboxylic acid groups (broad SMARTS) is 1. The minimum Gasteiger partial charge on any atom is -0.478 e. The number of carboxylic acids is 1. The Balaban J connectivity index is 2.07. The third-order valence-corrected chi connectivity index (χ3v) is 4.12. The zero-order valence-corrected chi connectivity index (χ0v) is 12.5. The first-order valence-corrected chi connectivity index (χ1v) is 7.32. The van der Waals surface area contributed by atoms with Gasteiger partial charge in [0.25, 0.3) is 0 Å². The van der Waals surface area contributed by atoms with E-state index in [9.17, 15) is 9.90 Å². The molecule has 2 aromatic carbocycles. The van der Waals surface area contributed by atoms with E-state index in [2.05, 4.69) is 4.98 Å². The van der Waals surface area contributed by atoms with Crippen molar-refractivity contribution in [3.8, 4) is 11.3 Å². The van der Waals surface area contributed by atoms with E-state index in [-0.39, 0.29) is 5.56 Å². The van der Waals surface area contributed by atoms with Crippen molar-refractivity contribution in [1.82, 2.24) is 9.55 Å². The lowest BCUT2D eigenvalue weighted by molar-refractivity contribution is 0.0699. The van der Waals surface area contributed by atoms with Gasteiger partial charge in [0, 0.05) is 35.1 Å². The Morgan fingerprint density at radius 2 is 1.74 bits per heavy atom. The van der Waals surface area contributed by atoms with Gasteiger partial charge in [-0.2, -0.15) is 0 Å². The predicted octanol–water partition coefficient (Wildman–Crippen LogP) is 4.09. The van der Waals surface area contributed by atoms with Crippen LogP contribution in [0.4, 0.5) is 0 Å². The second-order valence-corrected chi connectivity index (χ2v) is 5.55. The van der Waals surface area contributed by atoms with Crippen LogP contribution in [0.25, 0.3) is 33.1 Å². The number of aromatic carboxylic acids is 1. The van der Waals surface area contributed by atoms with Gasteiger partial charge in [-0.3, -0.25) is 0 Å². The van der Waals surface area contributed by atoms with Crippen LogP contribution < -0.4 is 0 Å². The molecule has 0 aliphatic rings. The van der Waals surface area contributed by atoms with Gasteiger partial charge in [-0.15, -0.1) is 0 Å². The van der Waals surface area contributed by atoms with E-state index in [4.69, 9.17) is 0 Å². The van der Waals surface area contributed by atoms with Crippen LogP contribution in [-0.2, 0) is 7.05 Å². The Bertz CT molecular complexity index is 1060. The van der Waals surface area contributed by atoms with Crippen LogP contribution in [0.3, 0.4) is 0 Å². The van der Waals surface area contributed by atoms with Gasteiger partial charge in [0.2, 0.25) is 0 Å². The summed E-state index contributed by atoms with van der Waals surface area (Å²) in [5.74, 6) is -0.940. The summed E-state index contributed by atoms with van der Waals surface area (Å²) in [6.45, 7) is 0. The van der Waals surface area contributed by atoms with Crippen molar-refractivity contribution in [2.45, 2.75) is 0 Å². The van der Waals surface area contributed by atoms with Crippen molar-refractivity contribution in [3.05, 3.63) is 66.4 Å². The van der Waals surface area contributed by atoms with E-state index in [1.165, 1.54) is 0 Å². The highest BCUT2D eigenvalue weighted by Gasteiger charge is 2.15. The summed E-state index contributed by atoms with van der Waals surface area (Å²) in [4.78, 5) is 16.3. The normalized spacial score (nSPS) is 11.2. The number of rotatable bonds is 2. The molecule has 0 spiro atoms. The summed E-state index contributed by atoms with van der Waals surface area (Å²) in [7, 11) is 1.98. The van der Waals surface area contributed by atoms with Crippen LogP contribution in [0.15, 0.2) is 60.8 Å². The fourth-order valence-corrected chi connectivity index (χ4v) is 3.04. The average Bonchev–Trinajstić information content (AvgIpc) is 2.91. The summed E-state index contributed by atoms with van der Waals surface area (Å²) in [5.41, 5.74) is 3.68. The first kappa shape index (κ1) is 13.5. The van der Waals surface area contributed by atoms with Gasteiger partial charge in [0.15, 0.2) is 0 Å². The number of aryl methyl sites for hydroxylation is 1. The maximum atomic E-state index is 11.6. The Morgan fingerprint density at radius 3 is 2.52 bits per heavy atom. The average molecular weight is 302 g/mol. The molecule has 23 heavy (non-hydrogen) atoms. The van der Waals surface area contributed by atoms with Crippen molar-refractivity contribution in [2.24, 2.45) is 7.05 Å². The highest BCUT2D eigenvalue weighted by Crippen LogP contribution is 2.31. The molecule has 0 saturated carbocycles. The van der Waals surface area contributed by atoms with Crippen LogP contribution in [0, 0.1) is 0 Å². The molecule has 4 nitrogen and oxygen atoms in total. The largest absolute Gasteiger partial charge is 0.478 e. The van der Waals surface area contributed by atoms with Gasteiger partial charge in [0.1, 0.15) is 0 Å². The van der Waals surface area contributed by atoms with Crippen molar-refractivity contribution < 1.29 is 9.90 Å². The molecular formula is C19H14N2O2. The fourth-order valence-electron chi connectivity index (χ4n) is 3.04. The zero-order valence-electron chi connectivity index (χ0n) is 12.5. The third-order valence-electron chi connectivity index (χ3n) is 4.12. The van der Waals surface area contributed by atoms with Gasteiger partial charge in [0.05, 0.1) is 16.8 Å². The van der Waals surface area contributed by atoms with Crippen LogP contribution in [0.2, 0.25) is 0 Å². The molecule has 0 aliphatic heterocycles. The number of nitrogens with zero attached hydrogens (tertiary/aromatic N) is 2. The van der Waals surface area contributed by atoms with E-state index in [1.807, 2.05) is 60.3 Å². The molecule has 0 saturated heterocycles. The molecule has 2 aromatic heterocycles. The van der Waals surface area contributed by atoms with Gasteiger partial charge in [-0.25, -0.2) is 9.78 Å². The minimum absolute atomic E-state index is 0.276. The van der Waals surface area contributed by atoms with E-state index in [0.29, 0.717) is 16.6 Å². The highest BCUT2D eigenvalue weighted by atomic mass is 16.4. The van der Waals surface area contributed by atoms with E-state index in [1.54, 1.807) is 12.1 Å². The number of benzene rings is 2. The number of para-hydroxylation sites is 2. The molecule has 0 amide bonds. The molecule has 112 valence electrons. The molecule has 0 unspecified atom stereocenters. The molecule has 0 radical (unpaired) electrons. The summed E-state index contributed by atoms with van der Waals surface area (Å²) < 4.78 is 2.03. The number of aromatic nitrogens is 2. The number of pyridine rings is 1. The number of fused-ring (bicyclic) bond motifs is 2. The maximum absolute atomic E-state index is 11.6. The summed E-state index contributed by atoms with van der Waals surface area (Å²) in [6, 6.07) is 17.0. The molecule has 4 aromatic rings. The van der Waals surface area contributed by atoms with E-state index < -0.39 is 5.97 Å². The van der Waals surface area contributed by atoms with Crippen molar-refractivity contribution in [2.75, 3.05) is 0 Å². The predicted molar refractivity (Wildman–Crippen MR) is 90.6 cm³/mol. The minimum atomic E-state index is -0.940. The van der Waals surface area contributed by atoms with Crippen LogP contribution in [0.5, 0.6) is 0 Å². The lowest BCUT2D eigenvalue weighted by Crippen LogP contribution is -2.00. The molecule has 4 heteroatoms. The van der Waals surface area contributed by atoms with Crippen LogP contribution >= 0.6 is 0 Å². The number of hydrogen-bond acceptors (Lipinski definition) is 2. The van der Waals surface area contributed by atoms with Crippen molar-refractivity contribution in [1.29, 1.82) is 0 Å². The second kappa shape index (κ2) is 4.95. The molecule has 4 rings (SSSR count). The molecule has 2 heterocycles. The van der Waals surface area contributed by atoms with Crippen molar-refractivity contribution in [3.63, 3.8) is 0 Å². The molecular weight excluding hydrogens is 288 g/mol. The Hall–Kier alpha value is -3.14. The SMILES string of the molecule is Cn1cc(-c2cc(C(=O)O)c3ccccc3n2)c2ccccc21. The van der Waals surface area contributed by atoms with Crippen molar-refractivity contribution >= 4 is 27.8 Å². The first-order chi connectivity index (χ1) is 11.1. The first-order valence-electron chi connectivity index (χ1n) is 7.32. The smallest absolute Gasteiger partial charge is 0.336 e. The zero-order chi connectivity index (χ0) is 16.0. The number of carbonyl (C=O) groups is 1. The Morgan fingerprint density at radius 1 is 1.04 bits per heavy atom. The van der Waals surface area contributed by atoms with Gasteiger partial charge in [-0.1, -0.05) is 36.4 Å². The lowest BCUT2D eigenvalue weighted by Gasteiger charge is -2.06. The second-order valence-electron chi connectivity index (χ2n) is 5.55. The molecule has 0 atom stereocenters. The quantitative estimate of drug-likeness (QED) is 0.606. The lowest BCUT2D eigenvalue weighted by atomic mass is 10.0. The monoisotopic (exact) mass is 302 g/mol. The summed E-state index contributed by atoms with van der Waals surface area (Å²) >= 11 is 0. The fraction of sp³-hybridized carbons (Fsp3) is 0.0526. The highest BCUT2D eigenvalue weighted by molar-refractivity contribution is 6.05. The molecule has 0 fully saturated rings. The van der Waals surface area contributed by atoms with E-state index in [0.717, 1.165) is 16.5 Å². The van der Waals surface area contributed by atoms with Crippen LogP contribution in [0.1, 0.15) is 10.4 Å². The van der Waals surface area contributed by atoms with Gasteiger partial charge < -0.3 is 9.67 Å². The Labute approximate surface area is 132 Å². The topological polar surface area (TPSA) is 55.1 Å². The summed E-state index contributed by atoms with van der Waals surface area (Å²) in [6.07, 6.45) is 1.99. The standard InChI is InChI=1S/C19H14N2O2/c1-21-11-15(13-7-3-5-9-18(13)21)17-10-14(19(22)23)12-6-2-4-8-16(12)20-17/h2-11H,1H3,(H,22,23). The van der Waals surface area contributed by atoms with Gasteiger partial charge >= 0.3 is 5.97 Å². The number of hydrogen-bond donors (Lipinski definition) is 1. The maximum Gasteiger partial charge on any atom is 0.336 e. The van der Waals surface area contributed by atoms with E-state index >= 15 is 0 Å². The molecule has 0 aliphatic carbocycles. The van der Waals surface area contributed by atoms with Crippen LogP contribution in [-0.4, -0.2) is 20.6 Å². The molecule has 0 bridgehead atoms. The van der Waals surface area contributed by atoms with Gasteiger partial charge in [-0.05, 0) is 18.2 Å². The Kier molecular flexibility index (Phi) is 2.91. The molecule has 1 N–H and O–H groups in total. The summed E-state index contributed by atoms with van der Waals surface area (Å²) in [5, 5.41) is 11.3. The third kappa shape index (κ3) is 2.07.